The van der Waals surface area contributed by atoms with Crippen LogP contribution in [0.4, 0.5) is 65.9 Å². The number of hydrogen-bond acceptors (Lipinski definition) is 1. The van der Waals surface area contributed by atoms with E-state index in [9.17, 15) is 65.9 Å². The van der Waals surface area contributed by atoms with Crippen LogP contribution < -0.4 is 0 Å². The van der Waals surface area contributed by atoms with Crippen molar-refractivity contribution in [1.82, 2.24) is 0 Å². The third kappa shape index (κ3) is 3.61. The van der Waals surface area contributed by atoms with E-state index in [-0.39, 0.29) is 0 Å². The maximum atomic E-state index is 12.7. The molecule has 16 heteroatoms. The van der Waals surface area contributed by atoms with E-state index in [2.05, 4.69) is 0 Å². The molecule has 0 bridgehead atoms. The largest absolute Gasteiger partial charge is 0.462 e. The van der Waals surface area contributed by atoms with Crippen LogP contribution in [0.5, 0.6) is 0 Å². The minimum atomic E-state index is -7.17. The fraction of sp³-hybridized carbons (Fsp3) is 1.00. The molecule has 0 unspecified atom stereocenters. The highest BCUT2D eigenvalue weighted by molar-refractivity contribution is 4.98. The minimum absolute atomic E-state index is 2.04. The zero-order valence-electron chi connectivity index (χ0n) is 10.4. The highest BCUT2D eigenvalue weighted by Gasteiger charge is 2.78. The Hall–Kier alpha value is -1.09. The molecule has 146 valence electrons. The van der Waals surface area contributed by atoms with Gasteiger partial charge in [0.15, 0.2) is 0 Å². The van der Waals surface area contributed by atoms with Crippen LogP contribution in [-0.2, 0) is 4.74 Å². The van der Waals surface area contributed by atoms with E-state index in [0.717, 1.165) is 0 Å². The third-order valence-corrected chi connectivity index (χ3v) is 2.31. The lowest BCUT2D eigenvalue weighted by atomic mass is 10.1. The normalized spacial score (nSPS) is 16.0. The smallest absolute Gasteiger partial charge is 0.309 e. The zero-order valence-corrected chi connectivity index (χ0v) is 10.4. The Morgan fingerprint density at radius 2 is 1.00 bits per heavy atom. The first-order chi connectivity index (χ1) is 10.2. The summed E-state index contributed by atoms with van der Waals surface area (Å²) >= 11 is 0. The second-order valence-corrected chi connectivity index (χ2v) is 4.08. The van der Waals surface area contributed by atoms with Gasteiger partial charge in [-0.1, -0.05) is 0 Å². The van der Waals surface area contributed by atoms with Crippen LogP contribution in [0.15, 0.2) is 0 Å². The number of alkyl halides is 15. The highest BCUT2D eigenvalue weighted by atomic mass is 19.4. The molecule has 0 aromatic rings. The Bertz CT molecular complexity index is 435. The van der Waals surface area contributed by atoms with Gasteiger partial charge in [-0.05, 0) is 0 Å². The number of rotatable bonds is 7. The Labute approximate surface area is 121 Å². The van der Waals surface area contributed by atoms with Crippen LogP contribution in [0.3, 0.4) is 0 Å². The predicted octanol–water partition coefficient (Wildman–Crippen LogP) is 4.96. The lowest BCUT2D eigenvalue weighted by Crippen LogP contribution is -2.61. The molecule has 0 heterocycles. The van der Waals surface area contributed by atoms with E-state index in [4.69, 9.17) is 0 Å². The summed E-state index contributed by atoms with van der Waals surface area (Å²) in [6.45, 7) is -3.85. The Kier molecular flexibility index (Phi) is 5.74. The van der Waals surface area contributed by atoms with Crippen molar-refractivity contribution in [3.63, 3.8) is 0 Å². The van der Waals surface area contributed by atoms with Crippen LogP contribution in [-0.4, -0.2) is 49.0 Å². The average molecular weight is 400 g/mol. The molecule has 24 heavy (non-hydrogen) atoms. The highest BCUT2D eigenvalue weighted by Crippen LogP contribution is 2.51. The Morgan fingerprint density at radius 1 is 0.625 bits per heavy atom. The van der Waals surface area contributed by atoms with Gasteiger partial charge < -0.3 is 4.74 Å². The molecule has 0 N–H and O–H groups in total. The first-order valence-corrected chi connectivity index (χ1v) is 5.03. The Balaban J connectivity index is 5.48. The topological polar surface area (TPSA) is 9.23 Å². The molecule has 0 aliphatic heterocycles. The molecule has 0 aromatic heterocycles. The van der Waals surface area contributed by atoms with Crippen molar-refractivity contribution in [3.05, 3.63) is 0 Å². The molecule has 0 saturated heterocycles. The molecular formula is C8H3F15O. The van der Waals surface area contributed by atoms with Crippen molar-refractivity contribution in [2.45, 2.75) is 42.4 Å². The maximum absolute atomic E-state index is 12.7. The standard InChI is InChI=1S/C8H3F15O/c9-2(10)4(13,14)5(15,16)3(11,12)1-24-8(22,23)6(17,18)7(19,20)21/h2H,1H2. The van der Waals surface area contributed by atoms with E-state index in [0.29, 0.717) is 0 Å². The van der Waals surface area contributed by atoms with Gasteiger partial charge in [-0.2, -0.15) is 57.1 Å². The maximum Gasteiger partial charge on any atom is 0.462 e. The molecule has 0 aliphatic carbocycles. The van der Waals surface area contributed by atoms with E-state index in [1.807, 2.05) is 4.74 Å². The molecule has 0 radical (unpaired) electrons. The summed E-state index contributed by atoms with van der Waals surface area (Å²) in [6, 6.07) is 0. The Morgan fingerprint density at radius 3 is 1.29 bits per heavy atom. The van der Waals surface area contributed by atoms with Crippen molar-refractivity contribution in [3.8, 4) is 0 Å². The molecule has 0 aromatic carbocycles. The van der Waals surface area contributed by atoms with E-state index in [1.54, 1.807) is 0 Å². The van der Waals surface area contributed by atoms with E-state index >= 15 is 0 Å². The van der Waals surface area contributed by atoms with Crippen LogP contribution in [0.1, 0.15) is 0 Å². The fourth-order valence-corrected chi connectivity index (χ4v) is 0.908. The molecule has 0 saturated carbocycles. The van der Waals surface area contributed by atoms with Crippen LogP contribution in [0.2, 0.25) is 0 Å². The van der Waals surface area contributed by atoms with Crippen molar-refractivity contribution < 1.29 is 70.6 Å². The molecule has 0 atom stereocenters. The summed E-state index contributed by atoms with van der Waals surface area (Å²) in [6.07, 6.45) is -19.4. The number of ether oxygens (including phenoxy) is 1. The van der Waals surface area contributed by atoms with Gasteiger partial charge in [-0.25, -0.2) is 8.78 Å². The molecule has 0 spiro atoms. The van der Waals surface area contributed by atoms with Crippen molar-refractivity contribution in [2.24, 2.45) is 0 Å². The average Bonchev–Trinajstić information content (AvgIpc) is 2.34. The third-order valence-electron chi connectivity index (χ3n) is 2.31. The van der Waals surface area contributed by atoms with Gasteiger partial charge in [-0.15, -0.1) is 0 Å². The van der Waals surface area contributed by atoms with Crippen molar-refractivity contribution >= 4 is 0 Å². The van der Waals surface area contributed by atoms with Crippen LogP contribution in [0.25, 0.3) is 0 Å². The minimum Gasteiger partial charge on any atom is -0.309 e. The molecule has 1 nitrogen and oxygen atoms in total. The lowest BCUT2D eigenvalue weighted by Gasteiger charge is -2.34. The summed E-state index contributed by atoms with van der Waals surface area (Å²) in [5, 5.41) is 0. The summed E-state index contributed by atoms with van der Waals surface area (Å²) in [7, 11) is 0. The number of halogens is 15. The second-order valence-electron chi connectivity index (χ2n) is 4.08. The molecule has 0 aliphatic rings. The van der Waals surface area contributed by atoms with Gasteiger partial charge in [0.25, 0.3) is 0 Å². The van der Waals surface area contributed by atoms with Crippen LogP contribution >= 0.6 is 0 Å². The summed E-state index contributed by atoms with van der Waals surface area (Å²) in [4.78, 5) is 0. The number of hydrogen-bond donors (Lipinski definition) is 0. The second kappa shape index (κ2) is 6.01. The SMILES string of the molecule is FC(F)C(F)(F)C(F)(F)C(F)(F)COC(F)(F)C(F)(F)C(F)(F)F. The summed E-state index contributed by atoms with van der Waals surface area (Å²) in [5.41, 5.74) is 0. The monoisotopic (exact) mass is 400 g/mol. The molecule has 0 amide bonds. The predicted molar refractivity (Wildman–Crippen MR) is 42.7 cm³/mol. The van der Waals surface area contributed by atoms with Crippen molar-refractivity contribution in [2.75, 3.05) is 6.61 Å². The summed E-state index contributed by atoms with van der Waals surface area (Å²) in [5.74, 6) is -27.8. The fourth-order valence-electron chi connectivity index (χ4n) is 0.908. The molecular weight excluding hydrogens is 397 g/mol. The van der Waals surface area contributed by atoms with Gasteiger partial charge in [-0.3, -0.25) is 0 Å². The quantitative estimate of drug-likeness (QED) is 0.549. The van der Waals surface area contributed by atoms with Crippen LogP contribution in [0, 0.1) is 0 Å². The van der Waals surface area contributed by atoms with Gasteiger partial charge >= 0.3 is 42.4 Å². The lowest BCUT2D eigenvalue weighted by molar-refractivity contribution is -0.437. The first-order valence-electron chi connectivity index (χ1n) is 5.03. The van der Waals surface area contributed by atoms with E-state index in [1.165, 1.54) is 0 Å². The molecule has 0 rings (SSSR count). The van der Waals surface area contributed by atoms with Gasteiger partial charge in [0, 0.05) is 0 Å². The zero-order chi connectivity index (χ0) is 20.0. The summed E-state index contributed by atoms with van der Waals surface area (Å²) < 4.78 is 185. The van der Waals surface area contributed by atoms with Gasteiger partial charge in [0.1, 0.15) is 6.61 Å². The van der Waals surface area contributed by atoms with Crippen molar-refractivity contribution in [1.29, 1.82) is 0 Å². The molecule has 0 fully saturated rings. The first kappa shape index (κ1) is 22.9. The van der Waals surface area contributed by atoms with E-state index < -0.39 is 49.0 Å². The van der Waals surface area contributed by atoms with Gasteiger partial charge in [0.2, 0.25) is 0 Å². The van der Waals surface area contributed by atoms with Gasteiger partial charge in [0.05, 0.1) is 0 Å².